The first-order chi connectivity index (χ1) is 35.4. The third-order valence-corrected chi connectivity index (χ3v) is 14.9. The summed E-state index contributed by atoms with van der Waals surface area (Å²) in [5.74, 6) is 1.05. The zero-order chi connectivity index (χ0) is 53.1. The molecule has 6 N–H and O–H groups in total. The SMILES string of the molecule is CCn1cnnc1-c1cccc(N2Cc3c(cc(N(C)C(C)C)nc3CNCCNC(=O)CCCCCCCC(=O)N[C@H](C(=O)N3C[C@H](O)C[C@H]3C(=O)NCc3ccc(-c4scnc4C)cc3)C(C)(C)C)C2O)n1. The van der Waals surface area contributed by atoms with Gasteiger partial charge in [0.05, 0.1) is 27.9 Å². The fourth-order valence-electron chi connectivity index (χ4n) is 9.36. The van der Waals surface area contributed by atoms with Crippen LogP contribution in [0.25, 0.3) is 22.0 Å². The van der Waals surface area contributed by atoms with Crippen molar-refractivity contribution in [2.45, 2.75) is 156 Å². The molecule has 0 spiro atoms. The summed E-state index contributed by atoms with van der Waals surface area (Å²) in [7, 11) is 1.99. The second kappa shape index (κ2) is 25.3. The number of anilines is 2. The average molecular weight is 1030 g/mol. The second-order valence-electron chi connectivity index (χ2n) is 20.8. The molecule has 1 aromatic carbocycles. The van der Waals surface area contributed by atoms with Crippen molar-refractivity contribution >= 4 is 46.6 Å². The van der Waals surface area contributed by atoms with Crippen molar-refractivity contribution in [2.24, 2.45) is 5.41 Å². The quantitative estimate of drug-likeness (QED) is 0.0402. The molecule has 0 aliphatic carbocycles. The van der Waals surface area contributed by atoms with E-state index < -0.39 is 29.8 Å². The van der Waals surface area contributed by atoms with Crippen molar-refractivity contribution in [1.82, 2.24) is 55.9 Å². The number of pyridine rings is 2. The van der Waals surface area contributed by atoms with Crippen LogP contribution in [0.15, 0.2) is 60.4 Å². The summed E-state index contributed by atoms with van der Waals surface area (Å²) in [6, 6.07) is 14.0. The van der Waals surface area contributed by atoms with E-state index in [1.54, 1.807) is 17.7 Å². The first-order valence-electron chi connectivity index (χ1n) is 26.0. The van der Waals surface area contributed by atoms with Crippen LogP contribution in [0.1, 0.15) is 127 Å². The second-order valence-corrected chi connectivity index (χ2v) is 21.6. The zero-order valence-electron chi connectivity index (χ0n) is 44.2. The van der Waals surface area contributed by atoms with Crippen LogP contribution in [-0.4, -0.2) is 119 Å². The lowest BCUT2D eigenvalue weighted by Crippen LogP contribution is -2.57. The summed E-state index contributed by atoms with van der Waals surface area (Å²) in [6.07, 6.45) is 4.53. The predicted octanol–water partition coefficient (Wildman–Crippen LogP) is 5.79. The molecule has 2 aliphatic heterocycles. The van der Waals surface area contributed by atoms with Crippen LogP contribution in [0.2, 0.25) is 0 Å². The van der Waals surface area contributed by atoms with Gasteiger partial charge in [0.2, 0.25) is 23.6 Å². The number of β-amino-alcohol motifs (C(OH)–C–C–N with tert-alkyl or cyclic N) is 1. The van der Waals surface area contributed by atoms with Crippen molar-refractivity contribution in [3.63, 3.8) is 0 Å². The number of benzene rings is 1. The topological polar surface area (TPSA) is 236 Å². The molecule has 7 rings (SSSR count). The fourth-order valence-corrected chi connectivity index (χ4v) is 10.2. The van der Waals surface area contributed by atoms with Gasteiger partial charge in [-0.25, -0.2) is 15.0 Å². The number of thiazole rings is 1. The number of hydrogen-bond donors (Lipinski definition) is 6. The van der Waals surface area contributed by atoms with E-state index in [4.69, 9.17) is 9.97 Å². The highest BCUT2D eigenvalue weighted by atomic mass is 32.1. The molecule has 1 saturated heterocycles. The highest BCUT2D eigenvalue weighted by Crippen LogP contribution is 2.39. The van der Waals surface area contributed by atoms with Crippen LogP contribution in [-0.2, 0) is 45.4 Å². The maximum Gasteiger partial charge on any atom is 0.246 e. The molecule has 4 amide bonds. The first-order valence-corrected chi connectivity index (χ1v) is 26.9. The van der Waals surface area contributed by atoms with Gasteiger partial charge >= 0.3 is 0 Å². The molecule has 19 nitrogen and oxygen atoms in total. The number of carbonyl (C=O) groups is 4. The molecule has 398 valence electrons. The molecule has 0 bridgehead atoms. The van der Waals surface area contributed by atoms with Crippen LogP contribution < -0.4 is 31.1 Å². The normalized spacial score (nSPS) is 16.9. The molecule has 4 aromatic heterocycles. The standard InChI is InChI=1S/C54H75N13O6S/c1-9-65-32-59-63-50(65)41-16-15-17-44(60-41)67-31-40-39(52(67)72)27-45(64(8)34(2)3)61-42(40)29-55-24-25-56-46(69)18-13-11-10-12-14-19-47(70)62-49(54(5,6)7)53(73)66-30-38(68)26-43(66)51(71)57-28-36-20-22-37(23-21-36)48-35(4)58-33-74-48/h15-17,20-23,27,32-34,38,43,49,52,55,68,72H,9-14,18-19,24-26,28-31H2,1-8H3,(H,56,69)(H,57,71)(H,62,70)/t38-,43+,49-,52?/m1/s1. The number of rotatable bonds is 24. The number of fused-ring (bicyclic) bond motifs is 1. The Labute approximate surface area is 439 Å². The van der Waals surface area contributed by atoms with Crippen LogP contribution in [0.4, 0.5) is 11.6 Å². The Morgan fingerprint density at radius 2 is 1.65 bits per heavy atom. The molecule has 6 heterocycles. The van der Waals surface area contributed by atoms with Crippen molar-refractivity contribution in [3.8, 4) is 22.0 Å². The van der Waals surface area contributed by atoms with Crippen molar-refractivity contribution in [3.05, 3.63) is 88.4 Å². The third kappa shape index (κ3) is 13.9. The highest BCUT2D eigenvalue weighted by molar-refractivity contribution is 7.13. The Morgan fingerprint density at radius 3 is 2.34 bits per heavy atom. The van der Waals surface area contributed by atoms with Gasteiger partial charge in [-0.15, -0.1) is 21.5 Å². The highest BCUT2D eigenvalue weighted by Gasteiger charge is 2.44. The van der Waals surface area contributed by atoms with Crippen LogP contribution in [0.3, 0.4) is 0 Å². The van der Waals surface area contributed by atoms with E-state index in [9.17, 15) is 29.4 Å². The molecule has 1 unspecified atom stereocenters. The Bertz CT molecular complexity index is 2700. The van der Waals surface area contributed by atoms with E-state index in [1.807, 2.05) is 105 Å². The zero-order valence-corrected chi connectivity index (χ0v) is 45.0. The molecular weight excluding hydrogens is 959 g/mol. The molecule has 74 heavy (non-hydrogen) atoms. The molecule has 0 saturated carbocycles. The van der Waals surface area contributed by atoms with Crippen LogP contribution in [0.5, 0.6) is 0 Å². The van der Waals surface area contributed by atoms with Crippen molar-refractivity contribution in [2.75, 3.05) is 36.5 Å². The number of aliphatic hydroxyl groups excluding tert-OH is 2. The van der Waals surface area contributed by atoms with E-state index in [0.717, 1.165) is 70.0 Å². The molecule has 20 heteroatoms. The molecule has 1 fully saturated rings. The largest absolute Gasteiger partial charge is 0.391 e. The average Bonchev–Trinajstić information content (AvgIpc) is 4.20. The van der Waals surface area contributed by atoms with E-state index in [2.05, 4.69) is 55.2 Å². The number of aromatic nitrogens is 6. The smallest absolute Gasteiger partial charge is 0.246 e. The number of unbranched alkanes of at least 4 members (excludes halogenated alkanes) is 4. The predicted molar refractivity (Wildman–Crippen MR) is 287 cm³/mol. The van der Waals surface area contributed by atoms with Gasteiger partial charge in [0.25, 0.3) is 0 Å². The first kappa shape index (κ1) is 55.4. The number of nitrogens with one attached hydrogen (secondary N) is 4. The molecular formula is C54H75N13O6S. The molecule has 5 aromatic rings. The summed E-state index contributed by atoms with van der Waals surface area (Å²) in [5.41, 5.74) is 7.32. The number of carbonyl (C=O) groups excluding carboxylic acids is 4. The Hall–Kier alpha value is -6.35. The van der Waals surface area contributed by atoms with Gasteiger partial charge < -0.3 is 50.7 Å². The summed E-state index contributed by atoms with van der Waals surface area (Å²) in [6.45, 7) is 16.6. The van der Waals surface area contributed by atoms with Gasteiger partial charge in [-0.05, 0) is 75.3 Å². The third-order valence-electron chi connectivity index (χ3n) is 13.9. The van der Waals surface area contributed by atoms with Crippen molar-refractivity contribution < 1.29 is 29.4 Å². The number of hydrogen-bond acceptors (Lipinski definition) is 15. The molecule has 0 radical (unpaired) electrons. The van der Waals surface area contributed by atoms with Gasteiger partial charge in [0.15, 0.2) is 12.1 Å². The minimum absolute atomic E-state index is 0.0106. The monoisotopic (exact) mass is 1030 g/mol. The van der Waals surface area contributed by atoms with Crippen LogP contribution in [0, 0.1) is 12.3 Å². The summed E-state index contributed by atoms with van der Waals surface area (Å²) < 4.78 is 1.93. The lowest BCUT2D eigenvalue weighted by molar-refractivity contribution is -0.144. The number of aryl methyl sites for hydroxylation is 2. The number of aliphatic hydroxyl groups is 2. The van der Waals surface area contributed by atoms with Gasteiger partial charge in [-0.3, -0.25) is 19.2 Å². The lowest BCUT2D eigenvalue weighted by atomic mass is 9.85. The Balaban J connectivity index is 0.802. The summed E-state index contributed by atoms with van der Waals surface area (Å²) in [5, 5.41) is 43.0. The number of likely N-dealkylation sites (tertiary alicyclic amines) is 1. The summed E-state index contributed by atoms with van der Waals surface area (Å²) >= 11 is 1.58. The minimum Gasteiger partial charge on any atom is -0.391 e. The lowest BCUT2D eigenvalue weighted by Gasteiger charge is -2.35. The van der Waals surface area contributed by atoms with E-state index in [1.165, 1.54) is 4.90 Å². The minimum atomic E-state index is -0.921. The van der Waals surface area contributed by atoms with Gasteiger partial charge in [-0.2, -0.15) is 0 Å². The maximum absolute atomic E-state index is 14.1. The fraction of sp³-hybridized carbons (Fsp3) is 0.537. The van der Waals surface area contributed by atoms with Gasteiger partial charge in [0.1, 0.15) is 35.7 Å². The van der Waals surface area contributed by atoms with Gasteiger partial charge in [0, 0.05) is 89.3 Å². The Kier molecular flexibility index (Phi) is 18.9. The molecule has 2 aliphatic rings. The molecule has 4 atom stereocenters. The maximum atomic E-state index is 14.1. The van der Waals surface area contributed by atoms with Crippen molar-refractivity contribution in [1.29, 1.82) is 0 Å². The van der Waals surface area contributed by atoms with E-state index in [-0.39, 0.29) is 55.6 Å². The Morgan fingerprint density at radius 1 is 0.919 bits per heavy atom. The number of nitrogens with zero attached hydrogens (tertiary/aromatic N) is 9. The van der Waals surface area contributed by atoms with Crippen LogP contribution >= 0.6 is 11.3 Å². The summed E-state index contributed by atoms with van der Waals surface area (Å²) in [4.78, 5) is 74.2. The van der Waals surface area contributed by atoms with E-state index >= 15 is 0 Å². The van der Waals surface area contributed by atoms with Gasteiger partial charge in [-0.1, -0.05) is 70.4 Å². The van der Waals surface area contributed by atoms with E-state index in [0.29, 0.717) is 62.9 Å². The number of amides is 4.